The molecular formula is C7H4BrNOS. The van der Waals surface area contributed by atoms with Gasteiger partial charge in [0.1, 0.15) is 4.83 Å². The van der Waals surface area contributed by atoms with Gasteiger partial charge in [-0.3, -0.25) is 4.79 Å². The number of halogens is 1. The van der Waals surface area contributed by atoms with Crippen LogP contribution >= 0.6 is 27.3 Å². The minimum Gasteiger partial charge on any atom is -0.352 e. The number of carbonyl (C=O) groups excluding carboxylic acids is 1. The number of H-pyrrole nitrogens is 1. The number of fused-ring (bicyclic) bond motifs is 1. The van der Waals surface area contributed by atoms with E-state index in [4.69, 9.17) is 0 Å². The minimum absolute atomic E-state index is 0.724. The largest absolute Gasteiger partial charge is 0.352 e. The third-order valence-electron chi connectivity index (χ3n) is 1.50. The van der Waals surface area contributed by atoms with Crippen LogP contribution in [0.25, 0.3) is 10.2 Å². The van der Waals surface area contributed by atoms with Crippen LogP contribution in [0, 0.1) is 0 Å². The van der Waals surface area contributed by atoms with E-state index in [-0.39, 0.29) is 0 Å². The van der Waals surface area contributed by atoms with Crippen LogP contribution in [0.3, 0.4) is 0 Å². The van der Waals surface area contributed by atoms with Crippen LogP contribution in [0.1, 0.15) is 10.4 Å². The Morgan fingerprint density at radius 1 is 1.64 bits per heavy atom. The van der Waals surface area contributed by atoms with Crippen LogP contribution < -0.4 is 0 Å². The van der Waals surface area contributed by atoms with Gasteiger partial charge in [-0.05, 0) is 22.0 Å². The summed E-state index contributed by atoms with van der Waals surface area (Å²) in [6, 6.07) is 1.94. The highest BCUT2D eigenvalue weighted by molar-refractivity contribution is 9.11. The smallest absolute Gasteiger partial charge is 0.152 e. The molecule has 0 atom stereocenters. The zero-order chi connectivity index (χ0) is 7.84. The molecule has 0 fully saturated rings. The van der Waals surface area contributed by atoms with Gasteiger partial charge in [-0.2, -0.15) is 0 Å². The van der Waals surface area contributed by atoms with Crippen molar-refractivity contribution in [2.75, 3.05) is 0 Å². The molecule has 0 unspecified atom stereocenters. The summed E-state index contributed by atoms with van der Waals surface area (Å²) in [4.78, 5) is 14.5. The Morgan fingerprint density at radius 2 is 2.45 bits per heavy atom. The van der Waals surface area contributed by atoms with Crippen LogP contribution in [0.2, 0.25) is 0 Å². The number of hydrogen-bond acceptors (Lipinski definition) is 2. The third kappa shape index (κ3) is 1.02. The van der Waals surface area contributed by atoms with E-state index >= 15 is 0 Å². The number of nitrogens with one attached hydrogen (secondary N) is 1. The van der Waals surface area contributed by atoms with E-state index in [0.29, 0.717) is 0 Å². The van der Waals surface area contributed by atoms with Gasteiger partial charge in [-0.15, -0.1) is 11.3 Å². The van der Waals surface area contributed by atoms with Gasteiger partial charge >= 0.3 is 0 Å². The molecule has 0 saturated heterocycles. The lowest BCUT2D eigenvalue weighted by molar-refractivity contribution is 0.112. The number of hydrogen-bond donors (Lipinski definition) is 1. The van der Waals surface area contributed by atoms with E-state index in [0.717, 1.165) is 25.9 Å². The van der Waals surface area contributed by atoms with E-state index in [1.54, 1.807) is 17.5 Å². The Hall–Kier alpha value is -0.610. The minimum atomic E-state index is 0.724. The Kier molecular flexibility index (Phi) is 1.58. The molecule has 2 rings (SSSR count). The lowest BCUT2D eigenvalue weighted by Crippen LogP contribution is -1.69. The molecule has 0 saturated carbocycles. The normalized spacial score (nSPS) is 10.6. The molecule has 1 N–H and O–H groups in total. The molecule has 2 heterocycles. The second-order valence-electron chi connectivity index (χ2n) is 2.16. The van der Waals surface area contributed by atoms with Gasteiger partial charge < -0.3 is 4.98 Å². The summed E-state index contributed by atoms with van der Waals surface area (Å²) in [6.45, 7) is 0. The Bertz CT molecular complexity index is 403. The van der Waals surface area contributed by atoms with E-state index in [2.05, 4.69) is 20.9 Å². The van der Waals surface area contributed by atoms with Crippen molar-refractivity contribution in [1.82, 2.24) is 4.98 Å². The van der Waals surface area contributed by atoms with Gasteiger partial charge in [-0.1, -0.05) is 0 Å². The summed E-state index contributed by atoms with van der Waals surface area (Å²) in [6.07, 6.45) is 2.58. The number of aldehydes is 1. The predicted molar refractivity (Wildman–Crippen MR) is 49.3 cm³/mol. The molecule has 0 radical (unpaired) electrons. The second kappa shape index (κ2) is 2.46. The van der Waals surface area contributed by atoms with Crippen molar-refractivity contribution in [3.05, 3.63) is 21.6 Å². The molecule has 0 spiro atoms. The first-order valence-corrected chi connectivity index (χ1v) is 4.64. The SMILES string of the molecule is O=Cc1c[nH]c2sc(Br)cc12. The van der Waals surface area contributed by atoms with Crippen molar-refractivity contribution in [1.29, 1.82) is 0 Å². The number of rotatable bonds is 1. The fraction of sp³-hybridized carbons (Fsp3) is 0. The summed E-state index contributed by atoms with van der Waals surface area (Å²) in [5.74, 6) is 0. The quantitative estimate of drug-likeness (QED) is 0.750. The second-order valence-corrected chi connectivity index (χ2v) is 4.59. The van der Waals surface area contributed by atoms with Crippen molar-refractivity contribution >= 4 is 43.8 Å². The van der Waals surface area contributed by atoms with Gasteiger partial charge in [-0.25, -0.2) is 0 Å². The lowest BCUT2D eigenvalue weighted by atomic mass is 10.3. The van der Waals surface area contributed by atoms with Crippen molar-refractivity contribution in [3.63, 3.8) is 0 Å². The van der Waals surface area contributed by atoms with Crippen molar-refractivity contribution in [2.24, 2.45) is 0 Å². The first-order chi connectivity index (χ1) is 5.31. The van der Waals surface area contributed by atoms with Gasteiger partial charge in [0, 0.05) is 17.1 Å². The molecule has 0 amide bonds. The third-order valence-corrected chi connectivity index (χ3v) is 3.07. The maximum Gasteiger partial charge on any atom is 0.152 e. The van der Waals surface area contributed by atoms with Crippen LogP contribution in [0.5, 0.6) is 0 Å². The Labute approximate surface area is 75.4 Å². The predicted octanol–water partition coefficient (Wildman–Crippen LogP) is 2.80. The number of aromatic amines is 1. The molecule has 56 valence electrons. The first kappa shape index (κ1) is 7.06. The van der Waals surface area contributed by atoms with Crippen LogP contribution in [-0.2, 0) is 0 Å². The summed E-state index contributed by atoms with van der Waals surface area (Å²) < 4.78 is 1.04. The fourth-order valence-electron chi connectivity index (χ4n) is 1.00. The van der Waals surface area contributed by atoms with Crippen LogP contribution in [0.4, 0.5) is 0 Å². The molecule has 4 heteroatoms. The van der Waals surface area contributed by atoms with E-state index < -0.39 is 0 Å². The molecule has 11 heavy (non-hydrogen) atoms. The van der Waals surface area contributed by atoms with E-state index in [1.165, 1.54) is 0 Å². The lowest BCUT2D eigenvalue weighted by Gasteiger charge is -1.75. The Morgan fingerprint density at radius 3 is 3.18 bits per heavy atom. The van der Waals surface area contributed by atoms with Gasteiger partial charge in [0.05, 0.1) is 3.79 Å². The molecule has 2 aromatic heterocycles. The van der Waals surface area contributed by atoms with E-state index in [1.807, 2.05) is 6.07 Å². The molecule has 0 aromatic carbocycles. The van der Waals surface area contributed by atoms with Crippen molar-refractivity contribution in [2.45, 2.75) is 0 Å². The van der Waals surface area contributed by atoms with Crippen molar-refractivity contribution < 1.29 is 4.79 Å². The molecule has 0 aliphatic heterocycles. The first-order valence-electron chi connectivity index (χ1n) is 3.03. The molecule has 0 bridgehead atoms. The van der Waals surface area contributed by atoms with E-state index in [9.17, 15) is 4.79 Å². The standard InChI is InChI=1S/C7H4BrNOS/c8-6-1-5-4(3-10)2-9-7(5)11-6/h1-3,9H. The zero-order valence-electron chi connectivity index (χ0n) is 5.43. The van der Waals surface area contributed by atoms with Crippen LogP contribution in [-0.4, -0.2) is 11.3 Å². The highest BCUT2D eigenvalue weighted by Gasteiger charge is 2.05. The molecule has 2 aromatic rings. The maximum atomic E-state index is 10.5. The molecule has 2 nitrogen and oxygen atoms in total. The summed E-state index contributed by atoms with van der Waals surface area (Å²) in [5.41, 5.74) is 0.724. The summed E-state index contributed by atoms with van der Waals surface area (Å²) in [5, 5.41) is 0.997. The molecule has 0 aliphatic rings. The van der Waals surface area contributed by atoms with Crippen molar-refractivity contribution in [3.8, 4) is 0 Å². The number of carbonyl (C=O) groups is 1. The fourth-order valence-corrected chi connectivity index (χ4v) is 2.49. The van der Waals surface area contributed by atoms with Gasteiger partial charge in [0.25, 0.3) is 0 Å². The summed E-state index contributed by atoms with van der Waals surface area (Å²) >= 11 is 4.94. The monoisotopic (exact) mass is 229 g/mol. The molecular weight excluding hydrogens is 226 g/mol. The topological polar surface area (TPSA) is 32.9 Å². The average molecular weight is 230 g/mol. The number of aromatic nitrogens is 1. The Balaban J connectivity index is 2.83. The zero-order valence-corrected chi connectivity index (χ0v) is 7.83. The van der Waals surface area contributed by atoms with Gasteiger partial charge in [0.15, 0.2) is 6.29 Å². The highest BCUT2D eigenvalue weighted by atomic mass is 79.9. The average Bonchev–Trinajstić information content (AvgIpc) is 2.45. The summed E-state index contributed by atoms with van der Waals surface area (Å²) in [7, 11) is 0. The highest BCUT2D eigenvalue weighted by Crippen LogP contribution is 2.30. The van der Waals surface area contributed by atoms with Gasteiger partial charge in [0.2, 0.25) is 0 Å². The number of thiophene rings is 1. The molecule has 0 aliphatic carbocycles. The maximum absolute atomic E-state index is 10.5. The van der Waals surface area contributed by atoms with Crippen LogP contribution in [0.15, 0.2) is 16.0 Å².